The van der Waals surface area contributed by atoms with Crippen molar-refractivity contribution in [1.29, 1.82) is 0 Å². The van der Waals surface area contributed by atoms with Crippen LogP contribution in [0.25, 0.3) is 0 Å². The van der Waals surface area contributed by atoms with Crippen molar-refractivity contribution in [1.82, 2.24) is 0 Å². The summed E-state index contributed by atoms with van der Waals surface area (Å²) >= 11 is 17.5. The summed E-state index contributed by atoms with van der Waals surface area (Å²) in [6.45, 7) is 0.466. The van der Waals surface area contributed by atoms with Crippen LogP contribution >= 0.6 is 35.4 Å². The molecule has 0 saturated heterocycles. The lowest BCUT2D eigenvalue weighted by molar-refractivity contribution is 0.586. The van der Waals surface area contributed by atoms with Gasteiger partial charge in [0.25, 0.3) is 10.0 Å². The van der Waals surface area contributed by atoms with E-state index in [9.17, 15) is 8.42 Å². The van der Waals surface area contributed by atoms with Crippen LogP contribution in [-0.2, 0) is 16.4 Å². The molecule has 0 aromatic heterocycles. The van der Waals surface area contributed by atoms with Crippen molar-refractivity contribution in [2.75, 3.05) is 21.5 Å². The summed E-state index contributed by atoms with van der Waals surface area (Å²) < 4.78 is 28.0. The molecule has 5 nitrogen and oxygen atoms in total. The first-order valence-electron chi connectivity index (χ1n) is 9.58. The molecule has 0 radical (unpaired) electrons. The highest BCUT2D eigenvalue weighted by Gasteiger charge is 2.28. The summed E-state index contributed by atoms with van der Waals surface area (Å²) in [6, 6.07) is 19.2. The van der Waals surface area contributed by atoms with Gasteiger partial charge in [0.05, 0.1) is 21.3 Å². The Bertz CT molecular complexity index is 1230. The van der Waals surface area contributed by atoms with Crippen molar-refractivity contribution < 1.29 is 8.42 Å². The van der Waals surface area contributed by atoms with Gasteiger partial charge in [0.2, 0.25) is 0 Å². The molecule has 4 rings (SSSR count). The number of halogens is 2. The summed E-state index contributed by atoms with van der Waals surface area (Å²) in [5.41, 5.74) is 3.02. The van der Waals surface area contributed by atoms with Crippen molar-refractivity contribution in [3.8, 4) is 0 Å². The third-order valence-electron chi connectivity index (χ3n) is 4.94. The van der Waals surface area contributed by atoms with Gasteiger partial charge in [-0.25, -0.2) is 8.42 Å². The van der Waals surface area contributed by atoms with Crippen molar-refractivity contribution in [2.24, 2.45) is 0 Å². The quantitative estimate of drug-likeness (QED) is 0.441. The predicted molar refractivity (Wildman–Crippen MR) is 132 cm³/mol. The second kappa shape index (κ2) is 9.04. The number of sulfonamides is 1. The number of aryl methyl sites for hydroxylation is 1. The number of hydrogen-bond donors (Lipinski definition) is 2. The van der Waals surface area contributed by atoms with Gasteiger partial charge in [-0.1, -0.05) is 41.4 Å². The average molecular weight is 492 g/mol. The number of anilines is 3. The number of nitrogens with one attached hydrogen (secondary N) is 2. The van der Waals surface area contributed by atoms with E-state index in [0.29, 0.717) is 33.1 Å². The molecule has 0 atom stereocenters. The molecule has 0 amide bonds. The second-order valence-corrected chi connectivity index (χ2v) is 10.2. The second-order valence-electron chi connectivity index (χ2n) is 7.04. The first kappa shape index (κ1) is 21.9. The molecule has 1 heterocycles. The molecule has 1 aliphatic heterocycles. The molecule has 0 bridgehead atoms. The number of fused-ring (bicyclic) bond motifs is 1. The van der Waals surface area contributed by atoms with Crippen LogP contribution in [0.15, 0.2) is 71.6 Å². The summed E-state index contributed by atoms with van der Waals surface area (Å²) in [6.07, 6.45) is 1.67. The Kier molecular flexibility index (Phi) is 6.39. The van der Waals surface area contributed by atoms with Crippen LogP contribution in [0.4, 0.5) is 17.1 Å². The average Bonchev–Trinajstić information content (AvgIpc) is 2.76. The molecule has 0 unspecified atom stereocenters. The lowest BCUT2D eigenvalue weighted by Gasteiger charge is -2.30. The fourth-order valence-electron chi connectivity index (χ4n) is 3.46. The highest BCUT2D eigenvalue weighted by atomic mass is 35.5. The minimum atomic E-state index is -3.65. The minimum Gasteiger partial charge on any atom is -0.332 e. The van der Waals surface area contributed by atoms with Crippen LogP contribution in [0, 0.1) is 0 Å². The van der Waals surface area contributed by atoms with Gasteiger partial charge >= 0.3 is 0 Å². The molecular weight excluding hydrogens is 473 g/mol. The SMILES string of the molecule is O=S(=O)(c1ccc(NC(=S)Nc2cc(Cl)ccc2Cl)cc1)N1CCCc2ccccc21. The first-order valence-corrected chi connectivity index (χ1v) is 12.2. The largest absolute Gasteiger partial charge is 0.332 e. The molecule has 9 heteroatoms. The Morgan fingerprint density at radius 3 is 2.48 bits per heavy atom. The molecule has 0 fully saturated rings. The third kappa shape index (κ3) is 4.80. The van der Waals surface area contributed by atoms with E-state index < -0.39 is 10.0 Å². The number of hydrogen-bond acceptors (Lipinski definition) is 3. The zero-order chi connectivity index (χ0) is 22.0. The number of thiocarbonyl (C=S) groups is 1. The van der Waals surface area contributed by atoms with Crippen molar-refractivity contribution >= 4 is 67.6 Å². The fraction of sp³-hybridized carbons (Fsp3) is 0.136. The normalized spacial score (nSPS) is 13.4. The van der Waals surface area contributed by atoms with E-state index in [1.807, 2.05) is 24.3 Å². The zero-order valence-corrected chi connectivity index (χ0v) is 19.5. The highest BCUT2D eigenvalue weighted by molar-refractivity contribution is 7.92. The zero-order valence-electron chi connectivity index (χ0n) is 16.3. The molecule has 3 aromatic carbocycles. The fourth-order valence-corrected chi connectivity index (χ4v) is 5.57. The van der Waals surface area contributed by atoms with Gasteiger partial charge in [-0.2, -0.15) is 0 Å². The van der Waals surface area contributed by atoms with Crippen LogP contribution in [0.3, 0.4) is 0 Å². The van der Waals surface area contributed by atoms with E-state index in [2.05, 4.69) is 10.6 Å². The summed E-state index contributed by atoms with van der Waals surface area (Å²) in [4.78, 5) is 0.228. The monoisotopic (exact) mass is 491 g/mol. The lowest BCUT2D eigenvalue weighted by Crippen LogP contribution is -2.35. The highest BCUT2D eigenvalue weighted by Crippen LogP contribution is 2.32. The Balaban J connectivity index is 1.49. The van der Waals surface area contributed by atoms with Gasteiger partial charge in [-0.3, -0.25) is 4.31 Å². The maximum Gasteiger partial charge on any atom is 0.264 e. The minimum absolute atomic E-state index is 0.228. The van der Waals surface area contributed by atoms with E-state index >= 15 is 0 Å². The smallest absolute Gasteiger partial charge is 0.264 e. The number of para-hydroxylation sites is 1. The van der Waals surface area contributed by atoms with E-state index in [-0.39, 0.29) is 4.90 Å². The maximum atomic E-state index is 13.2. The Labute approximate surface area is 197 Å². The lowest BCUT2D eigenvalue weighted by atomic mass is 10.0. The van der Waals surface area contributed by atoms with E-state index in [4.69, 9.17) is 35.4 Å². The molecule has 1 aliphatic rings. The Morgan fingerprint density at radius 2 is 1.71 bits per heavy atom. The molecule has 160 valence electrons. The number of benzene rings is 3. The van der Waals surface area contributed by atoms with Crippen LogP contribution in [0.2, 0.25) is 10.0 Å². The molecule has 0 aliphatic carbocycles. The Morgan fingerprint density at radius 1 is 0.968 bits per heavy atom. The van der Waals surface area contributed by atoms with Crippen LogP contribution in [-0.4, -0.2) is 20.1 Å². The van der Waals surface area contributed by atoms with Crippen molar-refractivity contribution in [2.45, 2.75) is 17.7 Å². The molecule has 2 N–H and O–H groups in total. The number of rotatable bonds is 4. The van der Waals surface area contributed by atoms with E-state index in [0.717, 1.165) is 24.1 Å². The van der Waals surface area contributed by atoms with Gasteiger partial charge in [-0.15, -0.1) is 0 Å². The van der Waals surface area contributed by atoms with Gasteiger partial charge in [0, 0.05) is 17.3 Å². The van der Waals surface area contributed by atoms with Gasteiger partial charge in [0.15, 0.2) is 5.11 Å². The summed E-state index contributed by atoms with van der Waals surface area (Å²) in [5.74, 6) is 0. The number of nitrogens with zero attached hydrogens (tertiary/aromatic N) is 1. The van der Waals surface area contributed by atoms with Gasteiger partial charge < -0.3 is 10.6 Å². The summed E-state index contributed by atoms with van der Waals surface area (Å²) in [5, 5.41) is 7.33. The summed E-state index contributed by atoms with van der Waals surface area (Å²) in [7, 11) is -3.65. The first-order chi connectivity index (χ1) is 14.8. The predicted octanol–water partition coefficient (Wildman–Crippen LogP) is 5.94. The molecule has 3 aromatic rings. The third-order valence-corrected chi connectivity index (χ3v) is 7.54. The van der Waals surface area contributed by atoms with Crippen molar-refractivity contribution in [3.05, 3.63) is 82.3 Å². The van der Waals surface area contributed by atoms with Crippen LogP contribution in [0.1, 0.15) is 12.0 Å². The van der Waals surface area contributed by atoms with Crippen molar-refractivity contribution in [3.63, 3.8) is 0 Å². The van der Waals surface area contributed by atoms with E-state index in [1.54, 1.807) is 42.5 Å². The molecule has 0 spiro atoms. The topological polar surface area (TPSA) is 61.4 Å². The molecule has 0 saturated carbocycles. The van der Waals surface area contributed by atoms with Gasteiger partial charge in [-0.05, 0) is 79.2 Å². The standard InChI is InChI=1S/C22H19Cl2N3O2S2/c23-16-7-12-19(24)20(14-16)26-22(30)25-17-8-10-18(11-9-17)31(28,29)27-13-3-5-15-4-1-2-6-21(15)27/h1-2,4,6-12,14H,3,5,13H2,(H2,25,26,30). The van der Waals surface area contributed by atoms with Gasteiger partial charge in [0.1, 0.15) is 0 Å². The molecular formula is C22H19Cl2N3O2S2. The molecule has 31 heavy (non-hydrogen) atoms. The van der Waals surface area contributed by atoms with Crippen LogP contribution < -0.4 is 14.9 Å². The maximum absolute atomic E-state index is 13.2. The Hall–Kier alpha value is -2.32. The van der Waals surface area contributed by atoms with E-state index in [1.165, 1.54) is 4.31 Å². The van der Waals surface area contributed by atoms with Crippen LogP contribution in [0.5, 0.6) is 0 Å².